The average molecular weight is 349 g/mol. The van der Waals surface area contributed by atoms with Crippen molar-refractivity contribution in [3.05, 3.63) is 42.5 Å². The summed E-state index contributed by atoms with van der Waals surface area (Å²) in [4.78, 5) is 8.37. The molecule has 126 valence electrons. The van der Waals surface area contributed by atoms with E-state index in [2.05, 4.69) is 30.7 Å². The Kier molecular flexibility index (Phi) is 4.21. The SMILES string of the molecule is COc1cc2ncn(-c3cc(F)nc(F)c3)c2cc1SC(C)(C)C. The molecule has 7 heteroatoms. The van der Waals surface area contributed by atoms with Crippen LogP contribution in [0.1, 0.15) is 20.8 Å². The molecule has 0 aliphatic rings. The molecule has 3 aromatic rings. The van der Waals surface area contributed by atoms with E-state index in [0.29, 0.717) is 11.2 Å². The van der Waals surface area contributed by atoms with Gasteiger partial charge in [-0.15, -0.1) is 11.8 Å². The Morgan fingerprint density at radius 2 is 1.75 bits per heavy atom. The monoisotopic (exact) mass is 349 g/mol. The maximum atomic E-state index is 13.4. The molecular formula is C17H17F2N3OS. The van der Waals surface area contributed by atoms with Gasteiger partial charge in [0.1, 0.15) is 12.1 Å². The van der Waals surface area contributed by atoms with Crippen LogP contribution in [0.2, 0.25) is 0 Å². The number of nitrogens with zero attached hydrogens (tertiary/aromatic N) is 3. The first-order chi connectivity index (χ1) is 11.3. The van der Waals surface area contributed by atoms with Crippen molar-refractivity contribution < 1.29 is 13.5 Å². The molecule has 0 fully saturated rings. The van der Waals surface area contributed by atoms with Gasteiger partial charge in [-0.25, -0.2) is 4.98 Å². The lowest BCUT2D eigenvalue weighted by Crippen LogP contribution is -2.07. The largest absolute Gasteiger partial charge is 0.496 e. The minimum absolute atomic E-state index is 0.0132. The van der Waals surface area contributed by atoms with Gasteiger partial charge >= 0.3 is 0 Å². The number of pyridine rings is 1. The fourth-order valence-corrected chi connectivity index (χ4v) is 3.46. The van der Waals surface area contributed by atoms with Crippen molar-refractivity contribution in [3.63, 3.8) is 0 Å². The van der Waals surface area contributed by atoms with Crippen molar-refractivity contribution in [1.82, 2.24) is 14.5 Å². The first-order valence-electron chi connectivity index (χ1n) is 7.34. The van der Waals surface area contributed by atoms with Crippen LogP contribution in [-0.4, -0.2) is 26.4 Å². The van der Waals surface area contributed by atoms with E-state index in [0.717, 1.165) is 16.2 Å². The molecule has 4 nitrogen and oxygen atoms in total. The van der Waals surface area contributed by atoms with Crippen LogP contribution < -0.4 is 4.74 Å². The number of benzene rings is 1. The molecule has 1 aromatic carbocycles. The maximum absolute atomic E-state index is 13.4. The predicted molar refractivity (Wildman–Crippen MR) is 90.9 cm³/mol. The van der Waals surface area contributed by atoms with Gasteiger partial charge < -0.3 is 4.74 Å². The Balaban J connectivity index is 2.19. The summed E-state index contributed by atoms with van der Waals surface area (Å²) >= 11 is 1.65. The summed E-state index contributed by atoms with van der Waals surface area (Å²) in [6, 6.07) is 6.09. The second-order valence-electron chi connectivity index (χ2n) is 6.29. The molecule has 3 rings (SSSR count). The standard InChI is InChI=1S/C17H17F2N3OS/c1-17(2,3)24-14-8-12-11(7-13(14)23-4)20-9-22(12)10-5-15(18)21-16(19)6-10/h5-9H,1-4H3. The lowest BCUT2D eigenvalue weighted by Gasteiger charge is -2.19. The number of rotatable bonds is 3. The van der Waals surface area contributed by atoms with Crippen molar-refractivity contribution in [3.8, 4) is 11.4 Å². The average Bonchev–Trinajstić information content (AvgIpc) is 2.86. The number of ether oxygens (including phenoxy) is 1. The zero-order valence-electron chi connectivity index (χ0n) is 13.8. The zero-order valence-corrected chi connectivity index (χ0v) is 14.6. The van der Waals surface area contributed by atoms with Crippen LogP contribution in [0, 0.1) is 11.9 Å². The van der Waals surface area contributed by atoms with Crippen LogP contribution in [0.5, 0.6) is 5.75 Å². The maximum Gasteiger partial charge on any atom is 0.217 e. The van der Waals surface area contributed by atoms with Gasteiger partial charge in [-0.2, -0.15) is 13.8 Å². The topological polar surface area (TPSA) is 39.9 Å². The number of aromatic nitrogens is 3. The summed E-state index contributed by atoms with van der Waals surface area (Å²) in [5.74, 6) is -1.02. The van der Waals surface area contributed by atoms with E-state index in [9.17, 15) is 8.78 Å². The van der Waals surface area contributed by atoms with E-state index < -0.39 is 11.9 Å². The Morgan fingerprint density at radius 3 is 2.33 bits per heavy atom. The third kappa shape index (κ3) is 3.36. The van der Waals surface area contributed by atoms with Gasteiger partial charge in [-0.05, 0) is 6.07 Å². The molecule has 24 heavy (non-hydrogen) atoms. The highest BCUT2D eigenvalue weighted by atomic mass is 32.2. The van der Waals surface area contributed by atoms with Crippen LogP contribution in [0.3, 0.4) is 0 Å². The first-order valence-corrected chi connectivity index (χ1v) is 8.16. The fourth-order valence-electron chi connectivity index (χ4n) is 2.38. The van der Waals surface area contributed by atoms with Crippen LogP contribution in [0.15, 0.2) is 35.5 Å². The van der Waals surface area contributed by atoms with E-state index in [1.807, 2.05) is 12.1 Å². The number of hydrogen-bond donors (Lipinski definition) is 0. The Hall–Kier alpha value is -2.15. The van der Waals surface area contributed by atoms with Crippen LogP contribution >= 0.6 is 11.8 Å². The lowest BCUT2D eigenvalue weighted by molar-refractivity contribution is 0.405. The molecule has 0 saturated heterocycles. The molecule has 0 atom stereocenters. The van der Waals surface area contributed by atoms with Gasteiger partial charge in [0, 0.05) is 22.9 Å². The number of halogens is 2. The van der Waals surface area contributed by atoms with Crippen molar-refractivity contribution in [2.45, 2.75) is 30.4 Å². The van der Waals surface area contributed by atoms with Crippen molar-refractivity contribution in [2.24, 2.45) is 0 Å². The van der Waals surface area contributed by atoms with E-state index in [1.165, 1.54) is 18.5 Å². The van der Waals surface area contributed by atoms with E-state index in [4.69, 9.17) is 4.74 Å². The van der Waals surface area contributed by atoms with Gasteiger partial charge in [0.15, 0.2) is 0 Å². The first kappa shape index (κ1) is 16.7. The van der Waals surface area contributed by atoms with E-state index in [-0.39, 0.29) is 4.75 Å². The van der Waals surface area contributed by atoms with E-state index >= 15 is 0 Å². The zero-order chi connectivity index (χ0) is 17.5. The summed E-state index contributed by atoms with van der Waals surface area (Å²) in [7, 11) is 1.61. The Bertz CT molecular complexity index is 882. The molecule has 0 spiro atoms. The number of imidazole rings is 1. The lowest BCUT2D eigenvalue weighted by atomic mass is 10.2. The highest BCUT2D eigenvalue weighted by molar-refractivity contribution is 8.00. The molecule has 0 amide bonds. The van der Waals surface area contributed by atoms with E-state index in [1.54, 1.807) is 23.4 Å². The molecule has 2 aromatic heterocycles. The molecule has 0 aliphatic carbocycles. The minimum atomic E-state index is -0.871. The third-order valence-electron chi connectivity index (χ3n) is 3.27. The highest BCUT2D eigenvalue weighted by Crippen LogP contribution is 2.40. The van der Waals surface area contributed by atoms with Crippen LogP contribution in [0.4, 0.5) is 8.78 Å². The number of hydrogen-bond acceptors (Lipinski definition) is 4. The van der Waals surface area contributed by atoms with Gasteiger partial charge in [0.25, 0.3) is 0 Å². The minimum Gasteiger partial charge on any atom is -0.496 e. The Labute approximate surface area is 142 Å². The molecular weight excluding hydrogens is 332 g/mol. The van der Waals surface area contributed by atoms with Crippen molar-refractivity contribution in [2.75, 3.05) is 7.11 Å². The second-order valence-corrected chi connectivity index (χ2v) is 8.16. The van der Waals surface area contributed by atoms with Crippen molar-refractivity contribution >= 4 is 22.8 Å². The van der Waals surface area contributed by atoms with Gasteiger partial charge in [0.2, 0.25) is 11.9 Å². The van der Waals surface area contributed by atoms with Gasteiger partial charge in [0.05, 0.1) is 28.7 Å². The molecule has 0 unspecified atom stereocenters. The highest BCUT2D eigenvalue weighted by Gasteiger charge is 2.18. The smallest absolute Gasteiger partial charge is 0.217 e. The van der Waals surface area contributed by atoms with Crippen molar-refractivity contribution in [1.29, 1.82) is 0 Å². The number of methoxy groups -OCH3 is 1. The summed E-state index contributed by atoms with van der Waals surface area (Å²) in [6.45, 7) is 6.31. The summed E-state index contributed by atoms with van der Waals surface area (Å²) in [5.41, 5.74) is 1.76. The summed E-state index contributed by atoms with van der Waals surface area (Å²) in [5, 5.41) is 0. The van der Waals surface area contributed by atoms with Crippen LogP contribution in [0.25, 0.3) is 16.7 Å². The Morgan fingerprint density at radius 1 is 1.08 bits per heavy atom. The third-order valence-corrected chi connectivity index (χ3v) is 4.43. The molecule has 0 N–H and O–H groups in total. The van der Waals surface area contributed by atoms with Gasteiger partial charge in [-0.1, -0.05) is 20.8 Å². The van der Waals surface area contributed by atoms with Crippen LogP contribution in [-0.2, 0) is 0 Å². The molecule has 0 radical (unpaired) electrons. The fraction of sp³-hybridized carbons (Fsp3) is 0.294. The summed E-state index contributed by atoms with van der Waals surface area (Å²) < 4.78 is 33.9. The second kappa shape index (κ2) is 6.05. The molecule has 0 saturated carbocycles. The normalized spacial score (nSPS) is 11.9. The van der Waals surface area contributed by atoms with Gasteiger partial charge in [-0.3, -0.25) is 4.57 Å². The quantitative estimate of drug-likeness (QED) is 0.512. The number of thioether (sulfide) groups is 1. The predicted octanol–water partition coefficient (Wildman–Crippen LogP) is 4.60. The molecule has 2 heterocycles. The summed E-state index contributed by atoms with van der Waals surface area (Å²) in [6.07, 6.45) is 1.53. The number of fused-ring (bicyclic) bond motifs is 1. The molecule has 0 bridgehead atoms. The molecule has 0 aliphatic heterocycles.